The molecule has 0 N–H and O–H groups in total. The lowest BCUT2D eigenvalue weighted by Gasteiger charge is -2.28. The molecule has 0 saturated heterocycles. The molecule has 0 saturated carbocycles. The number of rotatable bonds is 10. The van der Waals surface area contributed by atoms with Gasteiger partial charge >= 0.3 is 0 Å². The van der Waals surface area contributed by atoms with E-state index in [1.165, 1.54) is 7.11 Å². The fourth-order valence-corrected chi connectivity index (χ4v) is 2.97. The molecule has 0 bridgehead atoms. The summed E-state index contributed by atoms with van der Waals surface area (Å²) in [4.78, 5) is 28.8. The molecule has 152 valence electrons. The second-order valence-electron chi connectivity index (χ2n) is 7.35. The van der Waals surface area contributed by atoms with E-state index in [2.05, 4.69) is 0 Å². The Morgan fingerprint density at radius 2 is 1.71 bits per heavy atom. The van der Waals surface area contributed by atoms with Gasteiger partial charge in [-0.05, 0) is 30.5 Å². The summed E-state index contributed by atoms with van der Waals surface area (Å²) in [6.45, 7) is 7.22. The number of methoxy groups -OCH3 is 1. The van der Waals surface area contributed by atoms with Crippen molar-refractivity contribution in [1.29, 1.82) is 0 Å². The number of hydrogen-bond acceptors (Lipinski definition) is 4. The number of hydrogen-bond donors (Lipinski definition) is 0. The maximum Gasteiger partial charge on any atom is 0.249 e. The van der Waals surface area contributed by atoms with Crippen molar-refractivity contribution in [2.24, 2.45) is 5.92 Å². The van der Waals surface area contributed by atoms with Gasteiger partial charge in [-0.3, -0.25) is 9.59 Å². The van der Waals surface area contributed by atoms with Crippen molar-refractivity contribution in [3.8, 4) is 0 Å². The molecule has 1 aromatic carbocycles. The van der Waals surface area contributed by atoms with E-state index in [4.69, 9.17) is 9.15 Å². The topological polar surface area (TPSA) is 63.0 Å². The van der Waals surface area contributed by atoms with Crippen molar-refractivity contribution in [1.82, 2.24) is 9.80 Å². The molecule has 0 spiro atoms. The molecule has 2 amide bonds. The van der Waals surface area contributed by atoms with Crippen molar-refractivity contribution < 1.29 is 18.7 Å². The number of nitrogens with zero attached hydrogens (tertiary/aromatic N) is 2. The Balaban J connectivity index is 2.16. The Bertz CT molecular complexity index is 755. The van der Waals surface area contributed by atoms with Gasteiger partial charge in [0.05, 0.1) is 13.1 Å². The molecule has 0 aliphatic carbocycles. The SMILES string of the molecule is COCC(=O)N(CC(=O)N(Cc1ccccc1)Cc1ccc(C)o1)CC(C)C. The minimum absolute atomic E-state index is 0.0207. The molecule has 0 fully saturated rings. The van der Waals surface area contributed by atoms with Gasteiger partial charge in [0, 0.05) is 20.2 Å². The minimum atomic E-state index is -0.182. The summed E-state index contributed by atoms with van der Waals surface area (Å²) in [7, 11) is 1.48. The van der Waals surface area contributed by atoms with Gasteiger partial charge in [-0.2, -0.15) is 0 Å². The van der Waals surface area contributed by atoms with Crippen LogP contribution < -0.4 is 0 Å². The summed E-state index contributed by atoms with van der Waals surface area (Å²) >= 11 is 0. The van der Waals surface area contributed by atoms with Crippen LogP contribution in [0.5, 0.6) is 0 Å². The predicted octanol–water partition coefficient (Wildman–Crippen LogP) is 3.25. The van der Waals surface area contributed by atoms with Gasteiger partial charge < -0.3 is 19.0 Å². The second kappa shape index (κ2) is 10.7. The van der Waals surface area contributed by atoms with Gasteiger partial charge in [-0.25, -0.2) is 0 Å². The van der Waals surface area contributed by atoms with Crippen LogP contribution in [0.4, 0.5) is 0 Å². The molecule has 0 atom stereocenters. The third-order valence-electron chi connectivity index (χ3n) is 4.24. The Morgan fingerprint density at radius 3 is 2.29 bits per heavy atom. The van der Waals surface area contributed by atoms with E-state index < -0.39 is 0 Å². The average molecular weight is 386 g/mol. The summed E-state index contributed by atoms with van der Waals surface area (Å²) in [5, 5.41) is 0. The molecule has 6 nitrogen and oxygen atoms in total. The number of carbonyl (C=O) groups excluding carboxylic acids is 2. The maximum atomic E-state index is 13.1. The number of aryl methyl sites for hydroxylation is 1. The van der Waals surface area contributed by atoms with E-state index in [0.717, 1.165) is 17.1 Å². The van der Waals surface area contributed by atoms with E-state index in [1.54, 1.807) is 9.80 Å². The fourth-order valence-electron chi connectivity index (χ4n) is 2.97. The zero-order valence-electron chi connectivity index (χ0n) is 17.2. The number of benzene rings is 1. The van der Waals surface area contributed by atoms with Crippen molar-refractivity contribution in [3.63, 3.8) is 0 Å². The zero-order chi connectivity index (χ0) is 20.5. The molecular formula is C22H30N2O4. The normalized spacial score (nSPS) is 10.9. The van der Waals surface area contributed by atoms with Crippen molar-refractivity contribution >= 4 is 11.8 Å². The summed E-state index contributed by atoms with van der Waals surface area (Å²) in [6, 6.07) is 13.6. The van der Waals surface area contributed by atoms with Crippen LogP contribution in [-0.2, 0) is 27.4 Å². The smallest absolute Gasteiger partial charge is 0.249 e. The second-order valence-corrected chi connectivity index (χ2v) is 7.35. The molecular weight excluding hydrogens is 356 g/mol. The van der Waals surface area contributed by atoms with E-state index >= 15 is 0 Å². The predicted molar refractivity (Wildman–Crippen MR) is 107 cm³/mol. The molecule has 0 aliphatic rings. The van der Waals surface area contributed by atoms with Gasteiger partial charge in [-0.1, -0.05) is 44.2 Å². The van der Waals surface area contributed by atoms with Gasteiger partial charge in [-0.15, -0.1) is 0 Å². The minimum Gasteiger partial charge on any atom is -0.464 e. The van der Waals surface area contributed by atoms with Gasteiger partial charge in [0.15, 0.2) is 0 Å². The van der Waals surface area contributed by atoms with Crippen molar-refractivity contribution in [2.45, 2.75) is 33.9 Å². The van der Waals surface area contributed by atoms with Crippen molar-refractivity contribution in [2.75, 3.05) is 26.8 Å². The quantitative estimate of drug-likeness (QED) is 0.629. The Hall–Kier alpha value is -2.60. The number of furan rings is 1. The van der Waals surface area contributed by atoms with Gasteiger partial charge in [0.1, 0.15) is 18.1 Å². The van der Waals surface area contributed by atoms with Crippen LogP contribution in [0.1, 0.15) is 30.9 Å². The third-order valence-corrected chi connectivity index (χ3v) is 4.24. The van der Waals surface area contributed by atoms with E-state index in [9.17, 15) is 9.59 Å². The molecule has 28 heavy (non-hydrogen) atoms. The molecule has 0 radical (unpaired) electrons. The number of amides is 2. The molecule has 1 heterocycles. The summed E-state index contributed by atoms with van der Waals surface area (Å²) in [5.41, 5.74) is 1.03. The Labute approximate surface area is 167 Å². The summed E-state index contributed by atoms with van der Waals surface area (Å²) in [6.07, 6.45) is 0. The highest BCUT2D eigenvalue weighted by Gasteiger charge is 2.23. The summed E-state index contributed by atoms with van der Waals surface area (Å²) in [5.74, 6) is 1.48. The first-order chi connectivity index (χ1) is 13.4. The standard InChI is InChI=1S/C22H30N2O4/c1-17(2)12-23(22(26)16-27-4)15-21(25)24(13-19-8-6-5-7-9-19)14-20-11-10-18(3)28-20/h5-11,17H,12-16H2,1-4H3. The fraction of sp³-hybridized carbons (Fsp3) is 0.455. The highest BCUT2D eigenvalue weighted by atomic mass is 16.5. The molecule has 2 rings (SSSR count). The number of ether oxygens (including phenoxy) is 1. The Morgan fingerprint density at radius 1 is 1.00 bits per heavy atom. The van der Waals surface area contributed by atoms with E-state index in [1.807, 2.05) is 63.2 Å². The molecule has 6 heteroatoms. The third kappa shape index (κ3) is 6.85. The number of carbonyl (C=O) groups is 2. The van der Waals surface area contributed by atoms with Crippen molar-refractivity contribution in [3.05, 3.63) is 59.5 Å². The van der Waals surface area contributed by atoms with Gasteiger partial charge in [0.25, 0.3) is 0 Å². The first-order valence-corrected chi connectivity index (χ1v) is 9.52. The average Bonchev–Trinajstić information content (AvgIpc) is 3.06. The maximum absolute atomic E-state index is 13.1. The van der Waals surface area contributed by atoms with Crippen LogP contribution in [0.25, 0.3) is 0 Å². The molecule has 2 aromatic rings. The monoisotopic (exact) mass is 386 g/mol. The first-order valence-electron chi connectivity index (χ1n) is 9.52. The Kier molecular flexibility index (Phi) is 8.26. The lowest BCUT2D eigenvalue weighted by Crippen LogP contribution is -2.45. The van der Waals surface area contributed by atoms with Crippen LogP contribution >= 0.6 is 0 Å². The first kappa shape index (κ1) is 21.7. The highest BCUT2D eigenvalue weighted by Crippen LogP contribution is 2.14. The van der Waals surface area contributed by atoms with Crippen LogP contribution in [0, 0.1) is 12.8 Å². The lowest BCUT2D eigenvalue weighted by molar-refractivity contribution is -0.143. The van der Waals surface area contributed by atoms with E-state index in [-0.39, 0.29) is 30.9 Å². The van der Waals surface area contributed by atoms with E-state index in [0.29, 0.717) is 19.6 Å². The van der Waals surface area contributed by atoms with Crippen LogP contribution in [0.15, 0.2) is 46.9 Å². The largest absolute Gasteiger partial charge is 0.464 e. The van der Waals surface area contributed by atoms with Crippen LogP contribution in [0.3, 0.4) is 0 Å². The zero-order valence-corrected chi connectivity index (χ0v) is 17.2. The molecule has 1 aromatic heterocycles. The van der Waals surface area contributed by atoms with Crippen LogP contribution in [0.2, 0.25) is 0 Å². The lowest BCUT2D eigenvalue weighted by atomic mass is 10.2. The molecule has 0 unspecified atom stereocenters. The van der Waals surface area contributed by atoms with Gasteiger partial charge in [0.2, 0.25) is 11.8 Å². The highest BCUT2D eigenvalue weighted by molar-refractivity contribution is 5.85. The molecule has 0 aliphatic heterocycles. The summed E-state index contributed by atoms with van der Waals surface area (Å²) < 4.78 is 10.6. The van der Waals surface area contributed by atoms with Crippen LogP contribution in [-0.4, -0.2) is 48.4 Å².